The number of hydrogen-bond donors (Lipinski definition) is 0. The van der Waals surface area contributed by atoms with Crippen molar-refractivity contribution >= 4 is 17.9 Å². The summed E-state index contributed by atoms with van der Waals surface area (Å²) in [5.74, 6) is -0.876. The molecule has 0 aromatic rings. The fraction of sp³-hybridized carbons (Fsp3) is 0.852. The Kier molecular flexibility index (Phi) is 54.2. The van der Waals surface area contributed by atoms with Crippen LogP contribution in [-0.4, -0.2) is 37.2 Å². The molecule has 0 radical (unpaired) electrons. The molecule has 0 rings (SSSR count). The highest BCUT2D eigenvalue weighted by atomic mass is 16.6. The number of hydrogen-bond acceptors (Lipinski definition) is 6. The first-order valence-electron chi connectivity index (χ1n) is 29.5. The molecule has 0 bridgehead atoms. The molecule has 0 amide bonds. The predicted molar refractivity (Wildman–Crippen MR) is 289 cm³/mol. The van der Waals surface area contributed by atoms with Crippen LogP contribution in [0, 0.1) is 0 Å². The van der Waals surface area contributed by atoms with Gasteiger partial charge in [0.1, 0.15) is 13.2 Å². The Hall–Kier alpha value is -2.37. The Morgan fingerprint density at radius 1 is 0.299 bits per heavy atom. The second kappa shape index (κ2) is 56.2. The number of carbonyl (C=O) groups excluding carboxylic acids is 3. The molecule has 0 saturated heterocycles. The largest absolute Gasteiger partial charge is 0.462 e. The van der Waals surface area contributed by atoms with Gasteiger partial charge in [-0.15, -0.1) is 0 Å². The van der Waals surface area contributed by atoms with E-state index in [1.54, 1.807) is 0 Å². The lowest BCUT2D eigenvalue weighted by Gasteiger charge is -2.18. The van der Waals surface area contributed by atoms with Gasteiger partial charge in [-0.1, -0.05) is 276 Å². The summed E-state index contributed by atoms with van der Waals surface area (Å²) in [4.78, 5) is 38.2. The van der Waals surface area contributed by atoms with Gasteiger partial charge >= 0.3 is 17.9 Å². The van der Waals surface area contributed by atoms with E-state index in [0.29, 0.717) is 19.3 Å². The van der Waals surface area contributed by atoms with E-state index >= 15 is 0 Å². The Balaban J connectivity index is 4.37. The number of allylic oxidation sites excluding steroid dienone is 6. The van der Waals surface area contributed by atoms with Gasteiger partial charge in [0.05, 0.1) is 0 Å². The van der Waals surface area contributed by atoms with Gasteiger partial charge < -0.3 is 14.2 Å². The lowest BCUT2D eigenvalue weighted by atomic mass is 10.0. The molecule has 0 heterocycles. The number of rotatable bonds is 54. The maximum Gasteiger partial charge on any atom is 0.306 e. The van der Waals surface area contributed by atoms with Gasteiger partial charge in [-0.3, -0.25) is 14.4 Å². The topological polar surface area (TPSA) is 78.9 Å². The summed E-state index contributed by atoms with van der Waals surface area (Å²) in [6, 6.07) is 0. The van der Waals surface area contributed by atoms with Crippen molar-refractivity contribution < 1.29 is 28.6 Å². The van der Waals surface area contributed by atoms with E-state index in [1.807, 2.05) is 0 Å². The molecular weight excluding hydrogens is 829 g/mol. The van der Waals surface area contributed by atoms with Crippen molar-refractivity contribution in [3.05, 3.63) is 36.5 Å². The van der Waals surface area contributed by atoms with Crippen molar-refractivity contribution in [3.63, 3.8) is 0 Å². The number of unbranched alkanes of at least 4 members (excludes halogenated alkanes) is 37. The van der Waals surface area contributed by atoms with E-state index in [4.69, 9.17) is 14.2 Å². The Morgan fingerprint density at radius 3 is 0.866 bits per heavy atom. The average molecular weight is 942 g/mol. The van der Waals surface area contributed by atoms with Crippen molar-refractivity contribution in [1.82, 2.24) is 0 Å². The van der Waals surface area contributed by atoms with Gasteiger partial charge in [-0.05, 0) is 57.8 Å². The molecule has 6 nitrogen and oxygen atoms in total. The molecule has 0 aliphatic heterocycles. The Bertz CT molecular complexity index is 1130. The van der Waals surface area contributed by atoms with Crippen molar-refractivity contribution in [1.29, 1.82) is 0 Å². The van der Waals surface area contributed by atoms with E-state index in [-0.39, 0.29) is 31.1 Å². The third kappa shape index (κ3) is 54.4. The summed E-state index contributed by atoms with van der Waals surface area (Å²) in [7, 11) is 0. The first kappa shape index (κ1) is 64.6. The lowest BCUT2D eigenvalue weighted by Crippen LogP contribution is -2.30. The van der Waals surface area contributed by atoms with E-state index in [2.05, 4.69) is 57.2 Å². The molecule has 0 N–H and O–H groups in total. The van der Waals surface area contributed by atoms with Crippen molar-refractivity contribution in [2.45, 2.75) is 322 Å². The summed E-state index contributed by atoms with van der Waals surface area (Å²) in [5.41, 5.74) is 0. The zero-order valence-electron chi connectivity index (χ0n) is 44.9. The van der Waals surface area contributed by atoms with Crippen LogP contribution in [0.3, 0.4) is 0 Å². The van der Waals surface area contributed by atoms with E-state index in [0.717, 1.165) is 83.5 Å². The van der Waals surface area contributed by atoms with Gasteiger partial charge in [0.25, 0.3) is 0 Å². The first-order chi connectivity index (χ1) is 33.0. The summed E-state index contributed by atoms with van der Waals surface area (Å²) in [6.45, 7) is 6.64. The van der Waals surface area contributed by atoms with Crippen LogP contribution in [0.4, 0.5) is 0 Å². The molecule has 0 aliphatic rings. The van der Waals surface area contributed by atoms with Gasteiger partial charge in [-0.25, -0.2) is 0 Å². The van der Waals surface area contributed by atoms with E-state index in [9.17, 15) is 14.4 Å². The highest BCUT2D eigenvalue weighted by Crippen LogP contribution is 2.17. The minimum Gasteiger partial charge on any atom is -0.462 e. The maximum absolute atomic E-state index is 12.9. The maximum atomic E-state index is 12.9. The highest BCUT2D eigenvalue weighted by molar-refractivity contribution is 5.71. The summed E-state index contributed by atoms with van der Waals surface area (Å²) in [5, 5.41) is 0. The van der Waals surface area contributed by atoms with Crippen LogP contribution in [0.5, 0.6) is 0 Å². The van der Waals surface area contributed by atoms with Gasteiger partial charge in [0.15, 0.2) is 6.10 Å². The fourth-order valence-corrected chi connectivity index (χ4v) is 8.69. The molecule has 0 aromatic carbocycles. The molecular formula is C61H112O6. The van der Waals surface area contributed by atoms with Crippen molar-refractivity contribution in [3.8, 4) is 0 Å². The number of esters is 3. The zero-order valence-corrected chi connectivity index (χ0v) is 44.9. The van der Waals surface area contributed by atoms with Gasteiger partial charge in [-0.2, -0.15) is 0 Å². The third-order valence-electron chi connectivity index (χ3n) is 13.1. The lowest BCUT2D eigenvalue weighted by molar-refractivity contribution is -0.167. The minimum absolute atomic E-state index is 0.0743. The standard InChI is InChI=1S/C61H112O6/c1-4-7-10-13-16-19-22-25-28-30-33-36-39-42-45-48-51-54-60(63)66-57-58(56-65-59(62)53-50-47-44-41-38-35-32-27-24-21-18-15-12-9-6-3)67-61(64)55-52-49-46-43-40-37-34-31-29-26-23-20-17-14-11-8-5-2/h16,19,25,28,33,36,58H,4-15,17-18,20-24,26-27,29-32,34-35,37-57H2,1-3H3/b19-16-,28-25-,36-33-/t58-/m0/s1. The van der Waals surface area contributed by atoms with Crippen LogP contribution in [0.2, 0.25) is 0 Å². The molecule has 1 atom stereocenters. The summed E-state index contributed by atoms with van der Waals surface area (Å²) in [6.07, 6.45) is 67.0. The molecule has 6 heteroatoms. The Morgan fingerprint density at radius 2 is 0.537 bits per heavy atom. The number of ether oxygens (including phenoxy) is 3. The molecule has 0 saturated carbocycles. The van der Waals surface area contributed by atoms with Crippen molar-refractivity contribution in [2.75, 3.05) is 13.2 Å². The molecule has 0 unspecified atom stereocenters. The second-order valence-corrected chi connectivity index (χ2v) is 19.9. The minimum atomic E-state index is -0.777. The number of carbonyl (C=O) groups is 3. The van der Waals surface area contributed by atoms with Crippen LogP contribution in [0.25, 0.3) is 0 Å². The fourth-order valence-electron chi connectivity index (χ4n) is 8.69. The van der Waals surface area contributed by atoms with Crippen LogP contribution >= 0.6 is 0 Å². The Labute approximate surface area is 416 Å². The monoisotopic (exact) mass is 941 g/mol. The molecule has 392 valence electrons. The molecule has 0 spiro atoms. The highest BCUT2D eigenvalue weighted by Gasteiger charge is 2.19. The van der Waals surface area contributed by atoms with E-state index < -0.39 is 6.10 Å². The van der Waals surface area contributed by atoms with Crippen LogP contribution in [-0.2, 0) is 28.6 Å². The molecule has 0 fully saturated rings. The molecule has 67 heavy (non-hydrogen) atoms. The van der Waals surface area contributed by atoms with Gasteiger partial charge in [0, 0.05) is 19.3 Å². The predicted octanol–water partition coefficient (Wildman–Crippen LogP) is 19.7. The normalized spacial score (nSPS) is 12.2. The van der Waals surface area contributed by atoms with Crippen LogP contribution in [0.1, 0.15) is 316 Å². The summed E-state index contributed by atoms with van der Waals surface area (Å²) >= 11 is 0. The third-order valence-corrected chi connectivity index (χ3v) is 13.1. The average Bonchev–Trinajstić information content (AvgIpc) is 3.33. The smallest absolute Gasteiger partial charge is 0.306 e. The van der Waals surface area contributed by atoms with Gasteiger partial charge in [0.2, 0.25) is 0 Å². The van der Waals surface area contributed by atoms with Crippen LogP contribution in [0.15, 0.2) is 36.5 Å². The zero-order chi connectivity index (χ0) is 48.6. The quantitative estimate of drug-likeness (QED) is 0.0262. The van der Waals surface area contributed by atoms with Crippen LogP contribution < -0.4 is 0 Å². The SMILES string of the molecule is CCCCC/C=C\C/C=C\C/C=C\CCCCCCC(=O)OC[C@H](COC(=O)CCCCCCCCCCCCCCCCC)OC(=O)CCCCCCCCCCCCCCCCCCC. The van der Waals surface area contributed by atoms with E-state index in [1.165, 1.54) is 193 Å². The molecule has 0 aliphatic carbocycles. The second-order valence-electron chi connectivity index (χ2n) is 19.9. The molecule has 0 aromatic heterocycles. The summed E-state index contributed by atoms with van der Waals surface area (Å²) < 4.78 is 16.9. The van der Waals surface area contributed by atoms with Crippen molar-refractivity contribution in [2.24, 2.45) is 0 Å². The first-order valence-corrected chi connectivity index (χ1v) is 29.5.